The number of benzene rings is 9. The van der Waals surface area contributed by atoms with Crippen LogP contribution in [-0.4, -0.2) is 165 Å². The van der Waals surface area contributed by atoms with Crippen molar-refractivity contribution in [3.8, 4) is 33.4 Å². The Morgan fingerprint density at radius 1 is 0.349 bits per heavy atom. The maximum Gasteiger partial charge on any atom is 0.410 e. The van der Waals surface area contributed by atoms with Crippen LogP contribution in [0, 0.1) is 17.8 Å². The summed E-state index contributed by atoms with van der Waals surface area (Å²) in [6.07, 6.45) is 3.52. The summed E-state index contributed by atoms with van der Waals surface area (Å²) in [6, 6.07) is 59.2. The molecular weight excluding hydrogens is 1660 g/mol. The molecule has 6 aliphatic rings. The summed E-state index contributed by atoms with van der Waals surface area (Å²) in [4.78, 5) is 94.8. The molecule has 3 saturated heterocycles. The zero-order valence-corrected chi connectivity index (χ0v) is 77.2. The molecule has 3 spiro atoms. The Kier molecular flexibility index (Phi) is 25.4. The smallest absolute Gasteiger partial charge is 0.410 e. The Labute approximate surface area is 739 Å². The molecule has 9 aromatic rings. The number of aliphatic hydroxyl groups excluding tert-OH is 3. The Morgan fingerprint density at radius 2 is 0.579 bits per heavy atom. The van der Waals surface area contributed by atoms with E-state index in [9.17, 15) is 69.3 Å². The number of ether oxygens (including phenoxy) is 3. The van der Waals surface area contributed by atoms with Gasteiger partial charge in [0.25, 0.3) is 0 Å². The van der Waals surface area contributed by atoms with Gasteiger partial charge in [-0.2, -0.15) is 0 Å². The number of anilines is 6. The van der Waals surface area contributed by atoms with E-state index in [-0.39, 0.29) is 70.0 Å². The summed E-state index contributed by atoms with van der Waals surface area (Å²) in [5.41, 5.74) is 7.24. The molecular formula is C99H114N6O18S3. The van der Waals surface area contributed by atoms with Crippen LogP contribution in [0.5, 0.6) is 0 Å². The van der Waals surface area contributed by atoms with Crippen LogP contribution in [0.15, 0.2) is 215 Å². The zero-order chi connectivity index (χ0) is 91.8. The van der Waals surface area contributed by atoms with Crippen LogP contribution >= 0.6 is 0 Å². The van der Waals surface area contributed by atoms with E-state index in [0.717, 1.165) is 69.2 Å². The molecule has 0 bridgehead atoms. The standard InChI is InChI=1S/3C33H38N2O6S/c3*1-21(2)29-33(16-17-34(29)31(38)41-32(3,4)5)26-12-7-8-13-27(26)35(30(33)37)25-11-9-10-22(18-25)23-14-15-24(20-36)28(19-23)42(6,39)40/h3*7-15,18-19,21,29,36H,16-17,20H2,1-6H3/t3*29-,33-/m100/s1. The number of rotatable bonds is 15. The minimum absolute atomic E-state index is 0.0252. The molecule has 24 nitrogen and oxygen atoms in total. The Balaban J connectivity index is 0.000000162. The molecule has 0 radical (unpaired) electrons. The Hall–Kier alpha value is -11.1. The van der Waals surface area contributed by atoms with Crippen LogP contribution in [0.4, 0.5) is 48.5 Å². The summed E-state index contributed by atoms with van der Waals surface area (Å²) >= 11 is 0. The highest BCUT2D eigenvalue weighted by atomic mass is 32.2. The number of fused-ring (bicyclic) bond motifs is 6. The SMILES string of the molecule is CC(C)[C@@H]1N(C(=O)OC(C)(C)C)CC[C@@]12C(=O)N(c1cccc(-c3ccc(CO)c(S(C)(=O)=O)c3)c1)c1ccccc12.CC(C)[C@@H]1N(C(=O)OC(C)(C)C)CC[C@@]12C(=O)N(c1cccc(-c3ccc(CO)c(S(C)(=O)=O)c3)c1)c1ccccc12.CC(C)[C@H]1N(C(=O)OC(C)(C)C)CC[C@]12C(=O)N(c1cccc(-c3ccc(CO)c(S(C)(=O)=O)c3)c1)c1ccccc12. The maximum absolute atomic E-state index is 14.7. The molecule has 666 valence electrons. The van der Waals surface area contributed by atoms with Crippen LogP contribution in [0.3, 0.4) is 0 Å². The fourth-order valence-corrected chi connectivity index (χ4v) is 22.6. The third-order valence-corrected chi connectivity index (χ3v) is 27.9. The van der Waals surface area contributed by atoms with E-state index in [2.05, 4.69) is 0 Å². The number of aliphatic hydroxyl groups is 3. The molecule has 3 N–H and O–H groups in total. The summed E-state index contributed by atoms with van der Waals surface area (Å²) in [6.45, 7) is 28.7. The van der Waals surface area contributed by atoms with E-state index in [1.54, 1.807) is 84.0 Å². The molecule has 6 heterocycles. The molecule has 27 heteroatoms. The second kappa shape index (κ2) is 34.6. The molecule has 6 amide bonds. The highest BCUT2D eigenvalue weighted by molar-refractivity contribution is 7.91. The van der Waals surface area contributed by atoms with Crippen LogP contribution in [0.25, 0.3) is 33.4 Å². The highest BCUT2D eigenvalue weighted by Gasteiger charge is 2.66. The first kappa shape index (κ1) is 92.6. The lowest BCUT2D eigenvalue weighted by molar-refractivity contribution is -0.124. The van der Waals surface area contributed by atoms with Crippen molar-refractivity contribution in [1.29, 1.82) is 0 Å². The third kappa shape index (κ3) is 17.3. The van der Waals surface area contributed by atoms with E-state index in [1.165, 1.54) is 0 Å². The van der Waals surface area contributed by atoms with Gasteiger partial charge in [0.05, 0.1) is 85.9 Å². The van der Waals surface area contributed by atoms with E-state index in [4.69, 9.17) is 14.2 Å². The number of carbonyl (C=O) groups excluding carboxylic acids is 6. The second-order valence-corrected chi connectivity index (χ2v) is 43.6. The molecule has 15 rings (SSSR count). The normalized spacial score (nSPS) is 20.5. The average Bonchev–Trinajstić information content (AvgIpc) is 1.55. The minimum atomic E-state index is -3.57. The van der Waals surface area contributed by atoms with Crippen LogP contribution in [0.2, 0.25) is 0 Å². The fourth-order valence-electron chi connectivity index (χ4n) is 19.8. The molecule has 0 saturated carbocycles. The lowest BCUT2D eigenvalue weighted by Gasteiger charge is -2.37. The van der Waals surface area contributed by atoms with Gasteiger partial charge in [0.1, 0.15) is 16.8 Å². The summed E-state index contributed by atoms with van der Waals surface area (Å²) in [5.74, 6) is -0.373. The van der Waals surface area contributed by atoms with Crippen molar-refractivity contribution in [3.05, 3.63) is 234 Å². The lowest BCUT2D eigenvalue weighted by Crippen LogP contribution is -2.53. The first-order valence-corrected chi connectivity index (χ1v) is 48.2. The first-order chi connectivity index (χ1) is 59.1. The van der Waals surface area contributed by atoms with Gasteiger partial charge < -0.3 is 44.2 Å². The minimum Gasteiger partial charge on any atom is -0.444 e. The summed E-state index contributed by atoms with van der Waals surface area (Å²) in [7, 11) is -10.7. The number of nitrogens with zero attached hydrogens (tertiary/aromatic N) is 6. The zero-order valence-electron chi connectivity index (χ0n) is 74.8. The molecule has 3 fully saturated rings. The Morgan fingerprint density at radius 3 is 0.794 bits per heavy atom. The van der Waals surface area contributed by atoms with E-state index < -0.39 is 99.0 Å². The first-order valence-electron chi connectivity index (χ1n) is 42.5. The monoisotopic (exact) mass is 1770 g/mol. The summed E-state index contributed by atoms with van der Waals surface area (Å²) in [5, 5.41) is 29.0. The molecule has 6 aliphatic heterocycles. The van der Waals surface area contributed by atoms with Crippen molar-refractivity contribution in [2.45, 2.75) is 209 Å². The number of likely N-dealkylation sites (tertiary alicyclic amines) is 3. The van der Waals surface area contributed by atoms with Crippen molar-refractivity contribution in [2.24, 2.45) is 17.8 Å². The predicted octanol–water partition coefficient (Wildman–Crippen LogP) is 17.5. The van der Waals surface area contributed by atoms with Crippen molar-refractivity contribution in [2.75, 3.05) is 53.1 Å². The predicted molar refractivity (Wildman–Crippen MR) is 487 cm³/mol. The van der Waals surface area contributed by atoms with E-state index >= 15 is 0 Å². The van der Waals surface area contributed by atoms with Gasteiger partial charge in [-0.05, 0) is 239 Å². The molecule has 9 aromatic carbocycles. The van der Waals surface area contributed by atoms with Crippen molar-refractivity contribution in [3.63, 3.8) is 0 Å². The number of para-hydroxylation sites is 3. The summed E-state index contributed by atoms with van der Waals surface area (Å²) < 4.78 is 91.9. The number of carbonyl (C=O) groups is 6. The molecule has 126 heavy (non-hydrogen) atoms. The Bertz CT molecular complexity index is 5560. The highest BCUT2D eigenvalue weighted by Crippen LogP contribution is 2.59. The van der Waals surface area contributed by atoms with Crippen LogP contribution in [-0.2, 0) is 94.2 Å². The van der Waals surface area contributed by atoms with Gasteiger partial charge in [0, 0.05) is 55.5 Å². The average molecular weight is 1770 g/mol. The fraction of sp³-hybridized carbons (Fsp3) is 0.394. The molecule has 6 atom stereocenters. The number of hydrogen-bond donors (Lipinski definition) is 3. The largest absolute Gasteiger partial charge is 0.444 e. The van der Waals surface area contributed by atoms with Crippen molar-refractivity contribution >= 4 is 99.6 Å². The van der Waals surface area contributed by atoms with Gasteiger partial charge in [0.15, 0.2) is 29.5 Å². The van der Waals surface area contributed by atoms with Gasteiger partial charge in [-0.3, -0.25) is 29.1 Å². The van der Waals surface area contributed by atoms with Gasteiger partial charge in [-0.25, -0.2) is 39.6 Å². The number of sulfone groups is 3. The number of amides is 6. The van der Waals surface area contributed by atoms with E-state index in [0.29, 0.717) is 89.3 Å². The second-order valence-electron chi connectivity index (χ2n) is 37.6. The van der Waals surface area contributed by atoms with Gasteiger partial charge in [0.2, 0.25) is 17.7 Å². The van der Waals surface area contributed by atoms with Gasteiger partial charge >= 0.3 is 18.3 Å². The van der Waals surface area contributed by atoms with Crippen LogP contribution < -0.4 is 14.7 Å². The van der Waals surface area contributed by atoms with Gasteiger partial charge in [-0.15, -0.1) is 0 Å². The number of hydrogen-bond acceptors (Lipinski definition) is 18. The molecule has 0 unspecified atom stereocenters. The van der Waals surface area contributed by atoms with Crippen molar-refractivity contribution in [1.82, 2.24) is 14.7 Å². The van der Waals surface area contributed by atoms with Gasteiger partial charge in [-0.1, -0.05) is 169 Å². The van der Waals surface area contributed by atoms with Crippen LogP contribution in [0.1, 0.15) is 156 Å². The van der Waals surface area contributed by atoms with E-state index in [1.807, 2.05) is 249 Å². The molecule has 0 aliphatic carbocycles. The lowest BCUT2D eigenvalue weighted by atomic mass is 9.71. The van der Waals surface area contributed by atoms with Crippen molar-refractivity contribution < 1.29 is 83.6 Å². The third-order valence-electron chi connectivity index (χ3n) is 24.4. The maximum atomic E-state index is 14.7. The molecule has 0 aromatic heterocycles. The quantitative estimate of drug-likeness (QED) is 0.0803. The topological polar surface area (TPSA) is 313 Å².